The van der Waals surface area contributed by atoms with Gasteiger partial charge < -0.3 is 10.4 Å². The molecule has 7 heteroatoms. The first kappa shape index (κ1) is 19.9. The van der Waals surface area contributed by atoms with Gasteiger partial charge in [-0.3, -0.25) is 4.79 Å². The summed E-state index contributed by atoms with van der Waals surface area (Å²) < 4.78 is 27.2. The van der Waals surface area contributed by atoms with Crippen molar-refractivity contribution in [3.63, 3.8) is 0 Å². The van der Waals surface area contributed by atoms with Crippen molar-refractivity contribution in [1.82, 2.24) is 10.0 Å². The zero-order valence-electron chi connectivity index (χ0n) is 15.0. The molecule has 6 nitrogen and oxygen atoms in total. The number of hydrogen-bond acceptors (Lipinski definition) is 4. The van der Waals surface area contributed by atoms with Gasteiger partial charge in [-0.1, -0.05) is 30.3 Å². The van der Waals surface area contributed by atoms with Crippen LogP contribution in [0.3, 0.4) is 0 Å². The SMILES string of the molecule is Cc1ccc(C)c(S(=O)(=O)NCCNC(=O)CCc2ccccc2O)c1. The number of benzene rings is 2. The number of amides is 1. The smallest absolute Gasteiger partial charge is 0.240 e. The zero-order chi connectivity index (χ0) is 19.2. The van der Waals surface area contributed by atoms with Crippen LogP contribution < -0.4 is 10.0 Å². The molecule has 0 aliphatic rings. The van der Waals surface area contributed by atoms with E-state index in [2.05, 4.69) is 10.0 Å². The molecule has 0 aliphatic heterocycles. The maximum absolute atomic E-state index is 12.3. The van der Waals surface area contributed by atoms with E-state index in [1.807, 2.05) is 13.0 Å². The average Bonchev–Trinajstić information content (AvgIpc) is 2.60. The molecule has 1 amide bonds. The summed E-state index contributed by atoms with van der Waals surface area (Å²) in [7, 11) is -3.61. The molecule has 0 saturated carbocycles. The van der Waals surface area contributed by atoms with Crippen LogP contribution in [0.25, 0.3) is 0 Å². The predicted molar refractivity (Wildman–Crippen MR) is 101 cm³/mol. The maximum Gasteiger partial charge on any atom is 0.240 e. The summed E-state index contributed by atoms with van der Waals surface area (Å²) in [5, 5.41) is 12.3. The fourth-order valence-electron chi connectivity index (χ4n) is 2.52. The molecule has 0 aliphatic carbocycles. The van der Waals surface area contributed by atoms with Crippen molar-refractivity contribution in [1.29, 1.82) is 0 Å². The van der Waals surface area contributed by atoms with Gasteiger partial charge in [0.05, 0.1) is 4.90 Å². The molecule has 0 aromatic heterocycles. The summed E-state index contributed by atoms with van der Waals surface area (Å²) >= 11 is 0. The standard InChI is InChI=1S/C19H24N2O4S/c1-14-7-8-15(2)18(13-14)26(24,25)21-12-11-20-19(23)10-9-16-5-3-4-6-17(16)22/h3-8,13,21-22H,9-12H2,1-2H3,(H,20,23). The predicted octanol–water partition coefficient (Wildman–Crippen LogP) is 2.04. The van der Waals surface area contributed by atoms with Crippen molar-refractivity contribution in [3.05, 3.63) is 59.2 Å². The number of rotatable bonds is 8. The van der Waals surface area contributed by atoms with Crippen LogP contribution in [0.4, 0.5) is 0 Å². The number of sulfonamides is 1. The van der Waals surface area contributed by atoms with Crippen molar-refractivity contribution in [2.45, 2.75) is 31.6 Å². The molecular formula is C19H24N2O4S. The molecule has 0 fully saturated rings. The fourth-order valence-corrected chi connectivity index (χ4v) is 3.88. The Labute approximate surface area is 154 Å². The van der Waals surface area contributed by atoms with E-state index < -0.39 is 10.0 Å². The molecule has 2 aromatic rings. The highest BCUT2D eigenvalue weighted by Gasteiger charge is 2.16. The Hall–Kier alpha value is -2.38. The lowest BCUT2D eigenvalue weighted by molar-refractivity contribution is -0.121. The number of carbonyl (C=O) groups excluding carboxylic acids is 1. The average molecular weight is 376 g/mol. The van der Waals surface area contributed by atoms with Crippen LogP contribution in [0, 0.1) is 13.8 Å². The van der Waals surface area contributed by atoms with E-state index in [0.717, 1.165) is 5.56 Å². The summed E-state index contributed by atoms with van der Waals surface area (Å²) in [5.74, 6) is -0.0271. The minimum Gasteiger partial charge on any atom is -0.508 e. The van der Waals surface area contributed by atoms with Crippen LogP contribution in [-0.2, 0) is 21.2 Å². The minimum atomic E-state index is -3.61. The Morgan fingerprint density at radius 2 is 1.81 bits per heavy atom. The first-order chi connectivity index (χ1) is 12.3. The van der Waals surface area contributed by atoms with Crippen molar-refractivity contribution in [3.8, 4) is 5.75 Å². The summed E-state index contributed by atoms with van der Waals surface area (Å²) in [6.07, 6.45) is 0.647. The monoisotopic (exact) mass is 376 g/mol. The highest BCUT2D eigenvalue weighted by atomic mass is 32.2. The van der Waals surface area contributed by atoms with Crippen LogP contribution >= 0.6 is 0 Å². The number of nitrogens with one attached hydrogen (secondary N) is 2. The topological polar surface area (TPSA) is 95.5 Å². The Balaban J connectivity index is 1.78. The molecule has 26 heavy (non-hydrogen) atoms. The second-order valence-corrected chi connectivity index (χ2v) is 7.88. The lowest BCUT2D eigenvalue weighted by Gasteiger charge is -2.11. The van der Waals surface area contributed by atoms with Crippen molar-refractivity contribution in [2.75, 3.05) is 13.1 Å². The van der Waals surface area contributed by atoms with Gasteiger partial charge in [-0.25, -0.2) is 13.1 Å². The van der Waals surface area contributed by atoms with Crippen LogP contribution in [0.2, 0.25) is 0 Å². The second-order valence-electron chi connectivity index (χ2n) is 6.15. The second kappa shape index (κ2) is 8.82. The van der Waals surface area contributed by atoms with Crippen molar-refractivity contribution < 1.29 is 18.3 Å². The molecule has 0 unspecified atom stereocenters. The normalized spacial score (nSPS) is 11.3. The third kappa shape index (κ3) is 5.57. The van der Waals surface area contributed by atoms with E-state index in [4.69, 9.17) is 0 Å². The zero-order valence-corrected chi connectivity index (χ0v) is 15.8. The lowest BCUT2D eigenvalue weighted by Crippen LogP contribution is -2.35. The minimum absolute atomic E-state index is 0.109. The van der Waals surface area contributed by atoms with Gasteiger partial charge in [0.1, 0.15) is 5.75 Å². The Kier molecular flexibility index (Phi) is 6.76. The van der Waals surface area contributed by atoms with Gasteiger partial charge >= 0.3 is 0 Å². The molecule has 140 valence electrons. The Bertz CT molecular complexity index is 879. The molecule has 0 saturated heterocycles. The van der Waals surface area contributed by atoms with Crippen LogP contribution in [0.5, 0.6) is 5.75 Å². The number of aromatic hydroxyl groups is 1. The van der Waals surface area contributed by atoms with E-state index in [-0.39, 0.29) is 36.1 Å². The first-order valence-electron chi connectivity index (χ1n) is 8.40. The molecule has 0 atom stereocenters. The van der Waals surface area contributed by atoms with Gasteiger partial charge in [-0.2, -0.15) is 0 Å². The van der Waals surface area contributed by atoms with E-state index in [9.17, 15) is 18.3 Å². The largest absolute Gasteiger partial charge is 0.508 e. The van der Waals surface area contributed by atoms with E-state index in [1.165, 1.54) is 0 Å². The van der Waals surface area contributed by atoms with Gasteiger partial charge in [-0.05, 0) is 49.1 Å². The third-order valence-electron chi connectivity index (χ3n) is 3.99. The van der Waals surface area contributed by atoms with Gasteiger partial charge in [0.15, 0.2) is 0 Å². The fraction of sp³-hybridized carbons (Fsp3) is 0.316. The van der Waals surface area contributed by atoms with Crippen LogP contribution in [-0.4, -0.2) is 32.5 Å². The number of aryl methyl sites for hydroxylation is 3. The molecule has 0 spiro atoms. The molecule has 2 rings (SSSR count). The molecule has 0 radical (unpaired) electrons. The number of para-hydroxylation sites is 1. The highest BCUT2D eigenvalue weighted by molar-refractivity contribution is 7.89. The Morgan fingerprint density at radius 1 is 1.08 bits per heavy atom. The Morgan fingerprint density at radius 3 is 2.54 bits per heavy atom. The summed E-state index contributed by atoms with van der Waals surface area (Å²) in [4.78, 5) is 12.1. The van der Waals surface area contributed by atoms with Gasteiger partial charge in [-0.15, -0.1) is 0 Å². The van der Waals surface area contributed by atoms with E-state index in [0.29, 0.717) is 17.5 Å². The number of phenols is 1. The van der Waals surface area contributed by atoms with Crippen LogP contribution in [0.1, 0.15) is 23.1 Å². The summed E-state index contributed by atoms with van der Waals surface area (Å²) in [6.45, 7) is 3.89. The van der Waals surface area contributed by atoms with Gasteiger partial charge in [0.25, 0.3) is 0 Å². The van der Waals surface area contributed by atoms with Gasteiger partial charge in [0, 0.05) is 19.5 Å². The van der Waals surface area contributed by atoms with E-state index in [1.54, 1.807) is 43.3 Å². The quantitative estimate of drug-likeness (QED) is 0.615. The molecule has 0 bridgehead atoms. The number of carbonyl (C=O) groups is 1. The first-order valence-corrected chi connectivity index (χ1v) is 9.88. The number of hydrogen-bond donors (Lipinski definition) is 3. The third-order valence-corrected chi connectivity index (χ3v) is 5.59. The van der Waals surface area contributed by atoms with Gasteiger partial charge in [0.2, 0.25) is 15.9 Å². The lowest BCUT2D eigenvalue weighted by atomic mass is 10.1. The molecule has 3 N–H and O–H groups in total. The summed E-state index contributed by atoms with van der Waals surface area (Å²) in [6, 6.07) is 12.1. The summed E-state index contributed by atoms with van der Waals surface area (Å²) in [5.41, 5.74) is 2.25. The molecule has 2 aromatic carbocycles. The molecular weight excluding hydrogens is 352 g/mol. The molecule has 0 heterocycles. The maximum atomic E-state index is 12.3. The van der Waals surface area contributed by atoms with Crippen LogP contribution in [0.15, 0.2) is 47.4 Å². The van der Waals surface area contributed by atoms with Crippen molar-refractivity contribution in [2.24, 2.45) is 0 Å². The van der Waals surface area contributed by atoms with Crippen molar-refractivity contribution >= 4 is 15.9 Å². The number of phenolic OH excluding ortho intramolecular Hbond substituents is 1. The highest BCUT2D eigenvalue weighted by Crippen LogP contribution is 2.17. The van der Waals surface area contributed by atoms with E-state index >= 15 is 0 Å².